The fraction of sp³-hybridized carbons (Fsp3) is 0.370. The van der Waals surface area contributed by atoms with Crippen molar-refractivity contribution >= 4 is 28.6 Å². The number of rotatable bonds is 8. The minimum Gasteiger partial charge on any atom is -0.362 e. The Bertz CT molecular complexity index is 1340. The third kappa shape index (κ3) is 5.16. The maximum absolute atomic E-state index is 12.7. The van der Waals surface area contributed by atoms with Gasteiger partial charge in [-0.2, -0.15) is 5.10 Å². The van der Waals surface area contributed by atoms with E-state index in [1.165, 1.54) is 19.3 Å². The number of benzene rings is 1. The van der Waals surface area contributed by atoms with Crippen molar-refractivity contribution in [2.45, 2.75) is 65.0 Å². The Kier molecular flexibility index (Phi) is 6.44. The first-order chi connectivity index (χ1) is 17.0. The number of hydrogen-bond acceptors (Lipinski definition) is 6. The van der Waals surface area contributed by atoms with Crippen LogP contribution in [0.4, 0.5) is 11.5 Å². The highest BCUT2D eigenvalue weighted by Crippen LogP contribution is 2.35. The number of hydrogen-bond donors (Lipinski definition) is 2. The zero-order valence-electron chi connectivity index (χ0n) is 20.5. The second kappa shape index (κ2) is 9.82. The van der Waals surface area contributed by atoms with Crippen LogP contribution in [0.5, 0.6) is 0 Å². The van der Waals surface area contributed by atoms with E-state index < -0.39 is 0 Å². The lowest BCUT2D eigenvalue weighted by molar-refractivity contribution is -0.115. The third-order valence-corrected chi connectivity index (χ3v) is 6.73. The van der Waals surface area contributed by atoms with Crippen molar-refractivity contribution in [1.82, 2.24) is 24.7 Å². The lowest BCUT2D eigenvalue weighted by Crippen LogP contribution is -2.16. The van der Waals surface area contributed by atoms with Crippen LogP contribution in [0.25, 0.3) is 11.2 Å². The van der Waals surface area contributed by atoms with Gasteiger partial charge in [0.15, 0.2) is 0 Å². The smallest absolute Gasteiger partial charge is 0.228 e. The molecule has 35 heavy (non-hydrogen) atoms. The molecule has 8 nitrogen and oxygen atoms in total. The van der Waals surface area contributed by atoms with Crippen molar-refractivity contribution < 1.29 is 4.79 Å². The van der Waals surface area contributed by atoms with E-state index in [4.69, 9.17) is 0 Å². The molecule has 0 spiro atoms. The SMILES string of the molecule is CCn1cc2ncc(N[C@@H](C)c3cc(NC(=O)Cc4ccc(C5CCC5)nc4)ccc3C)nc2n1. The molecule has 4 aromatic rings. The van der Waals surface area contributed by atoms with Crippen molar-refractivity contribution in [2.75, 3.05) is 10.6 Å². The van der Waals surface area contributed by atoms with Crippen LogP contribution < -0.4 is 10.6 Å². The predicted molar refractivity (Wildman–Crippen MR) is 137 cm³/mol. The minimum absolute atomic E-state index is 0.0323. The summed E-state index contributed by atoms with van der Waals surface area (Å²) in [6, 6.07) is 10.0. The van der Waals surface area contributed by atoms with E-state index in [1.54, 1.807) is 6.20 Å². The summed E-state index contributed by atoms with van der Waals surface area (Å²) >= 11 is 0. The number of anilines is 2. The van der Waals surface area contributed by atoms with Gasteiger partial charge in [-0.3, -0.25) is 14.5 Å². The van der Waals surface area contributed by atoms with Crippen LogP contribution in [0.15, 0.2) is 48.9 Å². The Hall–Kier alpha value is -3.81. The summed E-state index contributed by atoms with van der Waals surface area (Å²) in [4.78, 5) is 26.3. The molecule has 0 saturated heterocycles. The maximum atomic E-state index is 12.7. The van der Waals surface area contributed by atoms with Gasteiger partial charge in [0.2, 0.25) is 11.6 Å². The molecule has 2 N–H and O–H groups in total. The number of nitrogens with one attached hydrogen (secondary N) is 2. The molecule has 5 rings (SSSR count). The van der Waals surface area contributed by atoms with Crippen LogP contribution in [-0.2, 0) is 17.8 Å². The molecule has 1 atom stereocenters. The molecule has 1 aliphatic rings. The highest BCUT2D eigenvalue weighted by molar-refractivity contribution is 5.92. The van der Waals surface area contributed by atoms with Crippen LogP contribution >= 0.6 is 0 Å². The van der Waals surface area contributed by atoms with Gasteiger partial charge in [0.1, 0.15) is 11.3 Å². The Morgan fingerprint density at radius 2 is 2.03 bits per heavy atom. The normalized spacial score (nSPS) is 14.5. The number of fused-ring (bicyclic) bond motifs is 1. The van der Waals surface area contributed by atoms with Gasteiger partial charge in [-0.1, -0.05) is 18.6 Å². The zero-order chi connectivity index (χ0) is 24.4. The van der Waals surface area contributed by atoms with E-state index >= 15 is 0 Å². The van der Waals surface area contributed by atoms with Crippen molar-refractivity contribution in [2.24, 2.45) is 0 Å². The van der Waals surface area contributed by atoms with Crippen LogP contribution in [0.2, 0.25) is 0 Å². The topological polar surface area (TPSA) is 97.6 Å². The molecule has 8 heteroatoms. The number of carbonyl (C=O) groups is 1. The first-order valence-electron chi connectivity index (χ1n) is 12.3. The van der Waals surface area contributed by atoms with E-state index in [0.29, 0.717) is 23.8 Å². The first kappa shape index (κ1) is 23.0. The second-order valence-corrected chi connectivity index (χ2v) is 9.33. The summed E-state index contributed by atoms with van der Waals surface area (Å²) in [5, 5.41) is 10.9. The fourth-order valence-corrected chi connectivity index (χ4v) is 4.44. The number of aromatic nitrogens is 5. The summed E-state index contributed by atoms with van der Waals surface area (Å²) < 4.78 is 1.83. The average molecular weight is 470 g/mol. The second-order valence-electron chi connectivity index (χ2n) is 9.33. The van der Waals surface area contributed by atoms with E-state index in [9.17, 15) is 4.79 Å². The highest BCUT2D eigenvalue weighted by atomic mass is 16.1. The standard InChI is InChI=1S/C27H31N7O/c1-4-34-16-24-27(33-34)32-25(15-29-24)30-18(3)22-13-21(10-8-17(22)2)31-26(35)12-19-9-11-23(28-14-19)20-6-5-7-20/h8-11,13-16,18,20H,4-7,12H2,1-3H3,(H,31,35)(H,30,32,33)/t18-/m0/s1. The van der Waals surface area contributed by atoms with Crippen molar-refractivity contribution in [3.8, 4) is 0 Å². The monoisotopic (exact) mass is 469 g/mol. The van der Waals surface area contributed by atoms with Gasteiger partial charge in [-0.05, 0) is 68.5 Å². The van der Waals surface area contributed by atoms with Gasteiger partial charge < -0.3 is 10.6 Å². The van der Waals surface area contributed by atoms with Gasteiger partial charge in [-0.25, -0.2) is 9.97 Å². The van der Waals surface area contributed by atoms with Crippen LogP contribution in [0, 0.1) is 6.92 Å². The van der Waals surface area contributed by atoms with Crippen LogP contribution in [-0.4, -0.2) is 30.6 Å². The van der Waals surface area contributed by atoms with Crippen molar-refractivity contribution in [1.29, 1.82) is 0 Å². The van der Waals surface area contributed by atoms with Gasteiger partial charge in [0.25, 0.3) is 0 Å². The Labute approximate surface area is 205 Å². The number of amides is 1. The largest absolute Gasteiger partial charge is 0.362 e. The molecule has 3 heterocycles. The van der Waals surface area contributed by atoms with Crippen LogP contribution in [0.3, 0.4) is 0 Å². The molecule has 1 amide bonds. The van der Waals surface area contributed by atoms with E-state index in [1.807, 2.05) is 48.3 Å². The molecule has 1 aliphatic carbocycles. The summed E-state index contributed by atoms with van der Waals surface area (Å²) in [6.07, 6.45) is 9.49. The zero-order valence-corrected chi connectivity index (χ0v) is 20.5. The van der Waals surface area contributed by atoms with E-state index in [2.05, 4.69) is 50.6 Å². The Morgan fingerprint density at radius 3 is 2.74 bits per heavy atom. The van der Waals surface area contributed by atoms with Crippen LogP contribution in [0.1, 0.15) is 67.5 Å². The predicted octanol–water partition coefficient (Wildman–Crippen LogP) is 5.17. The number of pyridine rings is 1. The maximum Gasteiger partial charge on any atom is 0.228 e. The van der Waals surface area contributed by atoms with Gasteiger partial charge in [-0.15, -0.1) is 0 Å². The number of carbonyl (C=O) groups excluding carboxylic acids is 1. The summed E-state index contributed by atoms with van der Waals surface area (Å²) in [5.41, 5.74) is 6.45. The fourth-order valence-electron chi connectivity index (χ4n) is 4.44. The lowest BCUT2D eigenvalue weighted by atomic mass is 9.82. The Balaban J connectivity index is 1.24. The van der Waals surface area contributed by atoms with E-state index in [0.717, 1.165) is 40.1 Å². The molecule has 1 aromatic carbocycles. The van der Waals surface area contributed by atoms with Gasteiger partial charge in [0, 0.05) is 30.0 Å². The average Bonchev–Trinajstić information content (AvgIpc) is 3.23. The molecular weight excluding hydrogens is 438 g/mol. The molecule has 0 bridgehead atoms. The molecule has 0 unspecified atom stereocenters. The quantitative estimate of drug-likeness (QED) is 0.369. The number of nitrogens with zero attached hydrogens (tertiary/aromatic N) is 5. The van der Waals surface area contributed by atoms with E-state index in [-0.39, 0.29) is 11.9 Å². The molecular formula is C27H31N7O. The molecule has 0 radical (unpaired) electrons. The summed E-state index contributed by atoms with van der Waals surface area (Å²) in [7, 11) is 0. The molecule has 180 valence electrons. The van der Waals surface area contributed by atoms with Crippen molar-refractivity contribution in [3.05, 3.63) is 71.3 Å². The van der Waals surface area contributed by atoms with Gasteiger partial charge >= 0.3 is 0 Å². The highest BCUT2D eigenvalue weighted by Gasteiger charge is 2.20. The first-order valence-corrected chi connectivity index (χ1v) is 12.3. The van der Waals surface area contributed by atoms with Gasteiger partial charge in [0.05, 0.1) is 24.9 Å². The third-order valence-electron chi connectivity index (χ3n) is 6.73. The molecule has 1 saturated carbocycles. The number of aryl methyl sites for hydroxylation is 2. The van der Waals surface area contributed by atoms with Crippen molar-refractivity contribution in [3.63, 3.8) is 0 Å². The summed E-state index contributed by atoms with van der Waals surface area (Å²) in [6.45, 7) is 6.94. The Morgan fingerprint density at radius 1 is 1.17 bits per heavy atom. The molecule has 0 aliphatic heterocycles. The molecule has 3 aromatic heterocycles. The minimum atomic E-state index is -0.0542. The summed E-state index contributed by atoms with van der Waals surface area (Å²) in [5.74, 6) is 1.21. The molecule has 1 fully saturated rings. The lowest BCUT2D eigenvalue weighted by Gasteiger charge is -2.24.